The maximum Gasteiger partial charge on any atom is 0.229 e. The van der Waals surface area contributed by atoms with Gasteiger partial charge >= 0.3 is 0 Å². The molecule has 1 atom stereocenters. The fraction of sp³-hybridized carbons (Fsp3) is 0.917. The molecule has 0 aromatic carbocycles. The van der Waals surface area contributed by atoms with E-state index < -0.39 is 0 Å². The molecule has 0 aromatic rings. The molecule has 16 heavy (non-hydrogen) atoms. The number of rotatable bonds is 3. The molecule has 3 nitrogen and oxygen atoms in total. The van der Waals surface area contributed by atoms with Gasteiger partial charge < -0.3 is 10.2 Å². The molecule has 96 valence electrons. The zero-order chi connectivity index (χ0) is 11.5. The van der Waals surface area contributed by atoms with Gasteiger partial charge in [0, 0.05) is 20.1 Å². The summed E-state index contributed by atoms with van der Waals surface area (Å²) in [6.45, 7) is 9.11. The zero-order valence-corrected chi connectivity index (χ0v) is 11.7. The number of halogens is 1. The highest BCUT2D eigenvalue weighted by Crippen LogP contribution is 2.27. The fourth-order valence-electron chi connectivity index (χ4n) is 2.33. The van der Waals surface area contributed by atoms with Crippen molar-refractivity contribution in [2.24, 2.45) is 11.3 Å². The lowest BCUT2D eigenvalue weighted by molar-refractivity contribution is -0.141. The van der Waals surface area contributed by atoms with E-state index in [0.717, 1.165) is 32.5 Å². The Bertz CT molecular complexity index is 225. The number of amides is 1. The van der Waals surface area contributed by atoms with Crippen LogP contribution >= 0.6 is 12.4 Å². The molecule has 4 heteroatoms. The summed E-state index contributed by atoms with van der Waals surface area (Å²) in [6.07, 6.45) is 2.12. The third kappa shape index (κ3) is 3.95. The third-order valence-corrected chi connectivity index (χ3v) is 3.10. The van der Waals surface area contributed by atoms with Crippen LogP contribution in [0.4, 0.5) is 0 Å². The highest BCUT2D eigenvalue weighted by molar-refractivity contribution is 5.85. The Kier molecular flexibility index (Phi) is 6.34. The van der Waals surface area contributed by atoms with Gasteiger partial charge in [0.1, 0.15) is 0 Å². The van der Waals surface area contributed by atoms with E-state index in [9.17, 15) is 4.79 Å². The van der Waals surface area contributed by atoms with Crippen molar-refractivity contribution in [1.29, 1.82) is 0 Å². The minimum absolute atomic E-state index is 0. The molecule has 0 saturated carbocycles. The van der Waals surface area contributed by atoms with Gasteiger partial charge in [-0.2, -0.15) is 0 Å². The van der Waals surface area contributed by atoms with Crippen molar-refractivity contribution in [1.82, 2.24) is 10.2 Å². The highest BCUT2D eigenvalue weighted by atomic mass is 35.5. The number of hydrogen-bond donors (Lipinski definition) is 1. The quantitative estimate of drug-likeness (QED) is 0.828. The highest BCUT2D eigenvalue weighted by Gasteiger charge is 2.36. The molecule has 1 rings (SSSR count). The summed E-state index contributed by atoms with van der Waals surface area (Å²) in [5.74, 6) is 0.836. The normalized spacial score (nSPS) is 25.1. The maximum absolute atomic E-state index is 12.2. The molecule has 1 saturated heterocycles. The van der Waals surface area contributed by atoms with Crippen LogP contribution in [-0.2, 0) is 4.79 Å². The predicted molar refractivity (Wildman–Crippen MR) is 69.9 cm³/mol. The number of nitrogens with one attached hydrogen (secondary N) is 1. The van der Waals surface area contributed by atoms with Crippen LogP contribution in [0.25, 0.3) is 0 Å². The average Bonchev–Trinajstić information content (AvgIpc) is 2.16. The second kappa shape index (κ2) is 6.45. The van der Waals surface area contributed by atoms with E-state index in [1.807, 2.05) is 11.9 Å². The first-order chi connectivity index (χ1) is 6.96. The van der Waals surface area contributed by atoms with Gasteiger partial charge in [-0.3, -0.25) is 4.79 Å². The van der Waals surface area contributed by atoms with E-state index in [-0.39, 0.29) is 17.8 Å². The van der Waals surface area contributed by atoms with Gasteiger partial charge in [-0.15, -0.1) is 12.4 Å². The molecule has 1 aliphatic heterocycles. The van der Waals surface area contributed by atoms with Gasteiger partial charge in [0.25, 0.3) is 0 Å². The fourth-order valence-corrected chi connectivity index (χ4v) is 2.33. The van der Waals surface area contributed by atoms with Crippen molar-refractivity contribution in [3.05, 3.63) is 0 Å². The van der Waals surface area contributed by atoms with Crippen molar-refractivity contribution in [3.63, 3.8) is 0 Å². The first-order valence-corrected chi connectivity index (χ1v) is 5.92. The van der Waals surface area contributed by atoms with Crippen LogP contribution in [0, 0.1) is 11.3 Å². The molecule has 0 radical (unpaired) electrons. The summed E-state index contributed by atoms with van der Waals surface area (Å²) in [6, 6.07) is 0. The summed E-state index contributed by atoms with van der Waals surface area (Å²) in [5, 5.41) is 3.32. The number of carbonyl (C=O) groups excluding carboxylic acids is 1. The molecule has 0 bridgehead atoms. The first kappa shape index (κ1) is 15.7. The second-order valence-corrected chi connectivity index (χ2v) is 5.42. The number of carbonyl (C=O) groups is 1. The van der Waals surface area contributed by atoms with E-state index in [0.29, 0.717) is 11.8 Å². The molecule has 1 fully saturated rings. The Labute approximate surface area is 105 Å². The van der Waals surface area contributed by atoms with E-state index in [1.54, 1.807) is 0 Å². The molecule has 0 aliphatic carbocycles. The zero-order valence-electron chi connectivity index (χ0n) is 10.9. The molecule has 0 spiro atoms. The van der Waals surface area contributed by atoms with Crippen LogP contribution in [0.3, 0.4) is 0 Å². The third-order valence-electron chi connectivity index (χ3n) is 3.10. The van der Waals surface area contributed by atoms with Crippen LogP contribution in [0.1, 0.15) is 33.6 Å². The Balaban J connectivity index is 0.00000225. The molecule has 1 N–H and O–H groups in total. The van der Waals surface area contributed by atoms with Crippen LogP contribution in [-0.4, -0.2) is 37.5 Å². The minimum Gasteiger partial charge on any atom is -0.345 e. The summed E-state index contributed by atoms with van der Waals surface area (Å²) < 4.78 is 0. The van der Waals surface area contributed by atoms with Crippen molar-refractivity contribution < 1.29 is 4.79 Å². The van der Waals surface area contributed by atoms with E-state index >= 15 is 0 Å². The predicted octanol–water partition coefficient (Wildman–Crippen LogP) is 1.91. The molecule has 1 unspecified atom stereocenters. The van der Waals surface area contributed by atoms with E-state index in [1.165, 1.54) is 0 Å². The maximum atomic E-state index is 12.2. The lowest BCUT2D eigenvalue weighted by Crippen LogP contribution is -2.49. The average molecular weight is 249 g/mol. The van der Waals surface area contributed by atoms with Crippen molar-refractivity contribution in [2.75, 3.05) is 26.7 Å². The lowest BCUT2D eigenvalue weighted by atomic mass is 9.81. The van der Waals surface area contributed by atoms with Crippen molar-refractivity contribution in [3.8, 4) is 0 Å². The smallest absolute Gasteiger partial charge is 0.229 e. The summed E-state index contributed by atoms with van der Waals surface area (Å²) in [7, 11) is 1.92. The molecule has 1 aliphatic rings. The monoisotopic (exact) mass is 248 g/mol. The number of nitrogens with zero attached hydrogens (tertiary/aromatic N) is 1. The SMILES string of the molecule is CC(C)CN(C)C(=O)C1(C)CCCNC1.Cl. The number of piperidine rings is 1. The van der Waals surface area contributed by atoms with Crippen molar-refractivity contribution >= 4 is 18.3 Å². The lowest BCUT2D eigenvalue weighted by Gasteiger charge is -2.36. The van der Waals surface area contributed by atoms with Gasteiger partial charge in [-0.05, 0) is 32.2 Å². The van der Waals surface area contributed by atoms with Gasteiger partial charge in [0.15, 0.2) is 0 Å². The Morgan fingerprint density at radius 3 is 2.56 bits per heavy atom. The van der Waals surface area contributed by atoms with Crippen LogP contribution < -0.4 is 5.32 Å². The van der Waals surface area contributed by atoms with Crippen LogP contribution in [0.2, 0.25) is 0 Å². The van der Waals surface area contributed by atoms with Gasteiger partial charge in [-0.1, -0.05) is 13.8 Å². The minimum atomic E-state index is -0.179. The summed E-state index contributed by atoms with van der Waals surface area (Å²) in [5.41, 5.74) is -0.179. The Morgan fingerprint density at radius 1 is 1.50 bits per heavy atom. The standard InChI is InChI=1S/C12H24N2O.ClH/c1-10(2)8-14(4)11(15)12(3)6-5-7-13-9-12;/h10,13H,5-9H2,1-4H3;1H. The molecule has 1 amide bonds. The largest absolute Gasteiger partial charge is 0.345 e. The first-order valence-electron chi connectivity index (χ1n) is 5.92. The van der Waals surface area contributed by atoms with Gasteiger partial charge in [0.2, 0.25) is 5.91 Å². The van der Waals surface area contributed by atoms with Crippen LogP contribution in [0.5, 0.6) is 0 Å². The summed E-state index contributed by atoms with van der Waals surface area (Å²) in [4.78, 5) is 14.1. The number of hydrogen-bond acceptors (Lipinski definition) is 2. The summed E-state index contributed by atoms with van der Waals surface area (Å²) >= 11 is 0. The van der Waals surface area contributed by atoms with Gasteiger partial charge in [0.05, 0.1) is 5.41 Å². The van der Waals surface area contributed by atoms with Crippen molar-refractivity contribution in [2.45, 2.75) is 33.6 Å². The topological polar surface area (TPSA) is 32.3 Å². The Morgan fingerprint density at radius 2 is 2.12 bits per heavy atom. The Hall–Kier alpha value is -0.280. The molecular weight excluding hydrogens is 224 g/mol. The molecule has 1 heterocycles. The van der Waals surface area contributed by atoms with Gasteiger partial charge in [-0.25, -0.2) is 0 Å². The van der Waals surface area contributed by atoms with Crippen LogP contribution in [0.15, 0.2) is 0 Å². The molecular formula is C12H25ClN2O. The van der Waals surface area contributed by atoms with E-state index in [4.69, 9.17) is 0 Å². The molecule has 0 aromatic heterocycles. The van der Waals surface area contributed by atoms with E-state index in [2.05, 4.69) is 26.1 Å². The second-order valence-electron chi connectivity index (χ2n) is 5.42.